The zero-order valence-corrected chi connectivity index (χ0v) is 24.5. The van der Waals surface area contributed by atoms with E-state index in [2.05, 4.69) is 31.3 Å². The third kappa shape index (κ3) is 6.95. The molecule has 212 valence electrons. The van der Waals surface area contributed by atoms with Gasteiger partial charge in [-0.15, -0.1) is 0 Å². The lowest BCUT2D eigenvalue weighted by Gasteiger charge is -2.14. The second kappa shape index (κ2) is 12.7. The fourth-order valence-electron chi connectivity index (χ4n) is 3.97. The number of halogens is 1. The molecule has 0 saturated heterocycles. The van der Waals surface area contributed by atoms with Crippen molar-refractivity contribution in [1.82, 2.24) is 9.66 Å². The number of anilines is 1. The summed E-state index contributed by atoms with van der Waals surface area (Å²) in [6.07, 6.45) is 1.32. The Morgan fingerprint density at radius 1 is 1.17 bits per heavy atom. The Morgan fingerprint density at radius 2 is 1.90 bits per heavy atom. The summed E-state index contributed by atoms with van der Waals surface area (Å²) < 4.78 is 13.1. The maximum atomic E-state index is 13.3. The molecular formula is C29H28BrN5O6. The van der Waals surface area contributed by atoms with Gasteiger partial charge in [-0.3, -0.25) is 19.7 Å². The Morgan fingerprint density at radius 3 is 2.56 bits per heavy atom. The molecule has 0 aliphatic carbocycles. The van der Waals surface area contributed by atoms with Gasteiger partial charge >= 0.3 is 5.69 Å². The summed E-state index contributed by atoms with van der Waals surface area (Å²) in [5.74, 6) is -0.330. The van der Waals surface area contributed by atoms with Crippen molar-refractivity contribution in [3.05, 3.63) is 96.5 Å². The summed E-state index contributed by atoms with van der Waals surface area (Å²) in [4.78, 5) is 41.8. The van der Waals surface area contributed by atoms with E-state index in [9.17, 15) is 19.7 Å². The molecular weight excluding hydrogens is 594 g/mol. The number of aryl methyl sites for hydroxylation is 1. The lowest BCUT2D eigenvalue weighted by atomic mass is 10.1. The van der Waals surface area contributed by atoms with Crippen molar-refractivity contribution < 1.29 is 19.2 Å². The first kappa shape index (κ1) is 29.4. The minimum absolute atomic E-state index is 0.0586. The molecule has 0 spiro atoms. The highest BCUT2D eigenvalue weighted by molar-refractivity contribution is 9.10. The van der Waals surface area contributed by atoms with Crippen LogP contribution in [0.15, 0.2) is 69.0 Å². The molecule has 0 fully saturated rings. The predicted octanol–water partition coefficient (Wildman–Crippen LogP) is 5.80. The van der Waals surface area contributed by atoms with Crippen LogP contribution in [-0.4, -0.2) is 39.9 Å². The molecule has 0 atom stereocenters. The standard InChI is InChI=1S/C29H28BrN5O6/c1-5-40-25-13-19(15-31-34-28(17(2)3)33-23-11-8-20(30)14-22(23)29(34)37)12-24(35(38)39)27(25)41-16-26(36)32-21-9-6-18(4)7-10-21/h6-15,17H,5,16H2,1-4H3,(H,32,36). The monoisotopic (exact) mass is 621 g/mol. The van der Waals surface area contributed by atoms with Crippen LogP contribution in [0.25, 0.3) is 10.9 Å². The summed E-state index contributed by atoms with van der Waals surface area (Å²) in [5.41, 5.74) is 1.63. The first-order chi connectivity index (χ1) is 19.6. The van der Waals surface area contributed by atoms with Crippen LogP contribution in [0.3, 0.4) is 0 Å². The van der Waals surface area contributed by atoms with E-state index in [0.717, 1.165) is 10.0 Å². The first-order valence-electron chi connectivity index (χ1n) is 12.8. The number of benzene rings is 3. The van der Waals surface area contributed by atoms with Gasteiger partial charge < -0.3 is 14.8 Å². The average Bonchev–Trinajstić information content (AvgIpc) is 2.93. The number of nitrogens with one attached hydrogen (secondary N) is 1. The zero-order chi connectivity index (χ0) is 29.7. The SMILES string of the molecule is CCOc1cc(C=Nn2c(C(C)C)nc3ccc(Br)cc3c2=O)cc([N+](=O)[O-])c1OCC(=O)Nc1ccc(C)cc1. The molecule has 0 aliphatic rings. The maximum absolute atomic E-state index is 13.3. The van der Waals surface area contributed by atoms with Crippen LogP contribution in [-0.2, 0) is 4.79 Å². The van der Waals surface area contributed by atoms with Crippen LogP contribution in [0.5, 0.6) is 11.5 Å². The molecule has 0 aliphatic heterocycles. The predicted molar refractivity (Wildman–Crippen MR) is 160 cm³/mol. The molecule has 12 heteroatoms. The smallest absolute Gasteiger partial charge is 0.315 e. The summed E-state index contributed by atoms with van der Waals surface area (Å²) in [6.45, 7) is 7.12. The molecule has 41 heavy (non-hydrogen) atoms. The van der Waals surface area contributed by atoms with Gasteiger partial charge in [0.2, 0.25) is 5.75 Å². The van der Waals surface area contributed by atoms with Crippen molar-refractivity contribution in [3.8, 4) is 11.5 Å². The zero-order valence-electron chi connectivity index (χ0n) is 22.9. The van der Waals surface area contributed by atoms with Gasteiger partial charge in [-0.2, -0.15) is 9.78 Å². The molecule has 4 aromatic rings. The number of rotatable bonds is 10. The van der Waals surface area contributed by atoms with E-state index in [1.165, 1.54) is 23.0 Å². The van der Waals surface area contributed by atoms with Gasteiger partial charge in [0.1, 0.15) is 5.82 Å². The number of amides is 1. The molecule has 0 unspecified atom stereocenters. The van der Waals surface area contributed by atoms with Crippen molar-refractivity contribution in [2.75, 3.05) is 18.5 Å². The number of nitrogens with zero attached hydrogens (tertiary/aromatic N) is 4. The molecule has 3 aromatic carbocycles. The number of ether oxygens (including phenoxy) is 2. The molecule has 1 N–H and O–H groups in total. The van der Waals surface area contributed by atoms with Gasteiger partial charge in [0.15, 0.2) is 12.4 Å². The molecule has 0 radical (unpaired) electrons. The van der Waals surface area contributed by atoms with Crippen molar-refractivity contribution in [1.29, 1.82) is 0 Å². The second-order valence-electron chi connectivity index (χ2n) is 9.41. The molecule has 1 aromatic heterocycles. The normalized spacial score (nSPS) is 11.3. The van der Waals surface area contributed by atoms with Crippen LogP contribution in [0.2, 0.25) is 0 Å². The van der Waals surface area contributed by atoms with Crippen molar-refractivity contribution in [2.45, 2.75) is 33.6 Å². The van der Waals surface area contributed by atoms with Crippen molar-refractivity contribution in [2.24, 2.45) is 5.10 Å². The van der Waals surface area contributed by atoms with Crippen LogP contribution in [0.1, 0.15) is 43.6 Å². The number of hydrogen-bond donors (Lipinski definition) is 1. The number of hydrogen-bond acceptors (Lipinski definition) is 8. The average molecular weight is 622 g/mol. The Kier molecular flexibility index (Phi) is 9.13. The van der Waals surface area contributed by atoms with Gasteiger partial charge in [0.05, 0.1) is 28.6 Å². The fourth-order valence-corrected chi connectivity index (χ4v) is 4.33. The van der Waals surface area contributed by atoms with Crippen molar-refractivity contribution in [3.63, 3.8) is 0 Å². The molecule has 1 heterocycles. The minimum Gasteiger partial charge on any atom is -0.490 e. The molecule has 0 saturated carbocycles. The Labute approximate surface area is 244 Å². The highest BCUT2D eigenvalue weighted by Crippen LogP contribution is 2.38. The number of fused-ring (bicyclic) bond motifs is 1. The molecule has 1 amide bonds. The van der Waals surface area contributed by atoms with E-state index in [1.807, 2.05) is 32.9 Å². The third-order valence-electron chi connectivity index (χ3n) is 5.91. The van der Waals surface area contributed by atoms with Crippen LogP contribution in [0, 0.1) is 17.0 Å². The highest BCUT2D eigenvalue weighted by atomic mass is 79.9. The van der Waals surface area contributed by atoms with Crippen molar-refractivity contribution >= 4 is 50.3 Å². The largest absolute Gasteiger partial charge is 0.490 e. The Bertz CT molecular complexity index is 1700. The van der Waals surface area contributed by atoms with E-state index in [1.54, 1.807) is 37.3 Å². The Hall–Kier alpha value is -4.58. The van der Waals surface area contributed by atoms with E-state index in [4.69, 9.17) is 9.47 Å². The molecule has 11 nitrogen and oxygen atoms in total. The van der Waals surface area contributed by atoms with Gasteiger partial charge in [-0.05, 0) is 50.2 Å². The summed E-state index contributed by atoms with van der Waals surface area (Å²) in [6, 6.07) is 15.1. The lowest BCUT2D eigenvalue weighted by Crippen LogP contribution is -2.23. The summed E-state index contributed by atoms with van der Waals surface area (Å²) >= 11 is 3.38. The van der Waals surface area contributed by atoms with Gasteiger partial charge in [-0.1, -0.05) is 47.5 Å². The number of nitro groups is 1. The van der Waals surface area contributed by atoms with Gasteiger partial charge in [0.25, 0.3) is 11.5 Å². The summed E-state index contributed by atoms with van der Waals surface area (Å²) in [7, 11) is 0. The van der Waals surface area contributed by atoms with Crippen LogP contribution in [0.4, 0.5) is 11.4 Å². The van der Waals surface area contributed by atoms with E-state index in [0.29, 0.717) is 22.4 Å². The quantitative estimate of drug-likeness (QED) is 0.134. The van der Waals surface area contributed by atoms with Crippen LogP contribution < -0.4 is 20.3 Å². The minimum atomic E-state index is -0.631. The topological polar surface area (TPSA) is 138 Å². The molecule has 4 rings (SSSR count). The van der Waals surface area contributed by atoms with Crippen LogP contribution >= 0.6 is 15.9 Å². The summed E-state index contributed by atoms with van der Waals surface area (Å²) in [5, 5.41) is 19.4. The number of carbonyl (C=O) groups excluding carboxylic acids is 1. The fraction of sp³-hybridized carbons (Fsp3) is 0.241. The van der Waals surface area contributed by atoms with E-state index >= 15 is 0 Å². The second-order valence-corrected chi connectivity index (χ2v) is 10.3. The maximum Gasteiger partial charge on any atom is 0.315 e. The lowest BCUT2D eigenvalue weighted by molar-refractivity contribution is -0.385. The number of aromatic nitrogens is 2. The van der Waals surface area contributed by atoms with Gasteiger partial charge in [-0.25, -0.2) is 4.98 Å². The van der Waals surface area contributed by atoms with E-state index < -0.39 is 23.1 Å². The Balaban J connectivity index is 1.68. The van der Waals surface area contributed by atoms with Gasteiger partial charge in [0, 0.05) is 27.7 Å². The third-order valence-corrected chi connectivity index (χ3v) is 6.40. The highest BCUT2D eigenvalue weighted by Gasteiger charge is 2.24. The first-order valence-corrected chi connectivity index (χ1v) is 13.6. The number of nitro benzene ring substituents is 1. The number of carbonyl (C=O) groups is 1. The van der Waals surface area contributed by atoms with E-state index in [-0.39, 0.29) is 35.1 Å². The molecule has 0 bridgehead atoms.